The van der Waals surface area contributed by atoms with Crippen molar-refractivity contribution < 1.29 is 14.3 Å². The molecule has 1 aromatic heterocycles. The minimum atomic E-state index is -0.770. The van der Waals surface area contributed by atoms with Crippen molar-refractivity contribution in [2.24, 2.45) is 5.92 Å². The summed E-state index contributed by atoms with van der Waals surface area (Å²) in [6.45, 7) is 3.77. The third-order valence-corrected chi connectivity index (χ3v) is 4.76. The highest BCUT2D eigenvalue weighted by Gasteiger charge is 2.25. The lowest BCUT2D eigenvalue weighted by Gasteiger charge is -2.30. The Hall–Kier alpha value is -1.62. The third kappa shape index (κ3) is 4.98. The van der Waals surface area contributed by atoms with Crippen LogP contribution in [0.4, 0.5) is 0 Å². The number of amides is 1. The summed E-state index contributed by atoms with van der Waals surface area (Å²) in [6, 6.07) is 2.11. The number of carbonyl (C=O) groups is 2. The number of thiophene rings is 1. The molecule has 1 aromatic rings. The number of rotatable bonds is 5. The van der Waals surface area contributed by atoms with Crippen molar-refractivity contribution in [3.63, 3.8) is 0 Å². The second-order valence-electron chi connectivity index (χ2n) is 5.85. The maximum Gasteiger partial charge on any atom is 0.331 e. The van der Waals surface area contributed by atoms with Gasteiger partial charge in [-0.05, 0) is 54.1 Å². The number of hydrogen-bond donors (Lipinski definition) is 1. The molecule has 0 unspecified atom stereocenters. The molecule has 22 heavy (non-hydrogen) atoms. The lowest BCUT2D eigenvalue weighted by molar-refractivity contribution is -0.150. The normalized spacial score (nSPS) is 23.2. The molecule has 0 bridgehead atoms. The molecular formula is C17H23NO3S. The molecule has 1 N–H and O–H groups in total. The minimum absolute atomic E-state index is 0.198. The van der Waals surface area contributed by atoms with E-state index in [1.807, 2.05) is 16.8 Å². The Morgan fingerprint density at radius 3 is 2.86 bits per heavy atom. The first-order chi connectivity index (χ1) is 10.6. The van der Waals surface area contributed by atoms with Gasteiger partial charge in [-0.15, -0.1) is 0 Å². The van der Waals surface area contributed by atoms with E-state index in [4.69, 9.17) is 4.74 Å². The summed E-state index contributed by atoms with van der Waals surface area (Å²) in [5.74, 6) is -0.222. The Labute approximate surface area is 135 Å². The Morgan fingerprint density at radius 2 is 2.18 bits per heavy atom. The number of nitrogens with one attached hydrogen (secondary N) is 1. The summed E-state index contributed by atoms with van der Waals surface area (Å²) in [5.41, 5.74) is 0.954. The predicted octanol–water partition coefficient (Wildman–Crippen LogP) is 3.39. The summed E-state index contributed by atoms with van der Waals surface area (Å²) < 4.78 is 5.15. The molecule has 0 spiro atoms. The highest BCUT2D eigenvalue weighted by Crippen LogP contribution is 2.23. The quantitative estimate of drug-likeness (QED) is 0.668. The van der Waals surface area contributed by atoms with Crippen LogP contribution in [0.2, 0.25) is 0 Å². The topological polar surface area (TPSA) is 55.4 Å². The Kier molecular flexibility index (Phi) is 6.19. The lowest BCUT2D eigenvalue weighted by atomic mass is 9.86. The number of hydrogen-bond acceptors (Lipinski definition) is 4. The molecule has 120 valence electrons. The summed E-state index contributed by atoms with van der Waals surface area (Å²) in [5, 5.41) is 6.88. The fraction of sp³-hybridized carbons (Fsp3) is 0.529. The zero-order valence-electron chi connectivity index (χ0n) is 13.1. The van der Waals surface area contributed by atoms with Gasteiger partial charge < -0.3 is 10.1 Å². The SMILES string of the molecule is C[C@@H](OC(=O)/C=C/c1ccsc1)C(=O)N[C@@H]1CCCC[C@@H]1C. The van der Waals surface area contributed by atoms with E-state index in [-0.39, 0.29) is 11.9 Å². The van der Waals surface area contributed by atoms with Crippen molar-refractivity contribution in [3.8, 4) is 0 Å². The average Bonchev–Trinajstić information content (AvgIpc) is 3.00. The van der Waals surface area contributed by atoms with E-state index in [0.717, 1.165) is 24.8 Å². The zero-order valence-corrected chi connectivity index (χ0v) is 13.9. The summed E-state index contributed by atoms with van der Waals surface area (Å²) >= 11 is 1.56. The van der Waals surface area contributed by atoms with Crippen molar-refractivity contribution in [2.75, 3.05) is 0 Å². The maximum absolute atomic E-state index is 12.1. The van der Waals surface area contributed by atoms with Gasteiger partial charge in [0.2, 0.25) is 0 Å². The fourth-order valence-electron chi connectivity index (χ4n) is 2.63. The van der Waals surface area contributed by atoms with Crippen LogP contribution >= 0.6 is 11.3 Å². The van der Waals surface area contributed by atoms with Crippen LogP contribution < -0.4 is 5.32 Å². The lowest BCUT2D eigenvalue weighted by Crippen LogP contribution is -2.45. The smallest absolute Gasteiger partial charge is 0.331 e. The zero-order chi connectivity index (χ0) is 15.9. The Balaban J connectivity index is 1.79. The number of esters is 1. The van der Waals surface area contributed by atoms with Crippen LogP contribution in [0.1, 0.15) is 45.1 Å². The van der Waals surface area contributed by atoms with Crippen LogP contribution in [0.3, 0.4) is 0 Å². The molecule has 1 heterocycles. The highest BCUT2D eigenvalue weighted by atomic mass is 32.1. The van der Waals surface area contributed by atoms with E-state index >= 15 is 0 Å². The van der Waals surface area contributed by atoms with E-state index in [0.29, 0.717) is 5.92 Å². The molecule has 1 aliphatic rings. The van der Waals surface area contributed by atoms with Gasteiger partial charge in [-0.2, -0.15) is 11.3 Å². The van der Waals surface area contributed by atoms with Gasteiger partial charge in [0.25, 0.3) is 5.91 Å². The van der Waals surface area contributed by atoms with E-state index in [1.165, 1.54) is 12.5 Å². The largest absolute Gasteiger partial charge is 0.449 e. The van der Waals surface area contributed by atoms with Crippen molar-refractivity contribution in [1.82, 2.24) is 5.32 Å². The number of ether oxygens (including phenoxy) is 1. The molecule has 4 nitrogen and oxygen atoms in total. The fourth-order valence-corrected chi connectivity index (χ4v) is 3.26. The summed E-state index contributed by atoms with van der Waals surface area (Å²) in [4.78, 5) is 23.8. The molecule has 1 amide bonds. The van der Waals surface area contributed by atoms with Gasteiger partial charge in [-0.3, -0.25) is 4.79 Å². The van der Waals surface area contributed by atoms with Gasteiger partial charge in [0, 0.05) is 12.1 Å². The summed E-state index contributed by atoms with van der Waals surface area (Å²) in [7, 11) is 0. The first kappa shape index (κ1) is 16.7. The monoisotopic (exact) mass is 321 g/mol. The Bertz CT molecular complexity index is 524. The van der Waals surface area contributed by atoms with Crippen LogP contribution in [0.5, 0.6) is 0 Å². The first-order valence-corrected chi connectivity index (χ1v) is 8.72. The third-order valence-electron chi connectivity index (χ3n) is 4.06. The molecule has 0 aromatic carbocycles. The summed E-state index contributed by atoms with van der Waals surface area (Å²) in [6.07, 6.45) is 6.79. The van der Waals surface area contributed by atoms with Crippen molar-refractivity contribution in [1.29, 1.82) is 0 Å². The molecule has 0 saturated heterocycles. The second-order valence-corrected chi connectivity index (χ2v) is 6.63. The molecule has 3 atom stereocenters. The average molecular weight is 321 g/mol. The van der Waals surface area contributed by atoms with Crippen molar-refractivity contribution in [2.45, 2.75) is 51.7 Å². The van der Waals surface area contributed by atoms with E-state index in [2.05, 4.69) is 12.2 Å². The van der Waals surface area contributed by atoms with Crippen LogP contribution in [0, 0.1) is 5.92 Å². The van der Waals surface area contributed by atoms with Gasteiger partial charge in [0.05, 0.1) is 0 Å². The van der Waals surface area contributed by atoms with Gasteiger partial charge in [-0.1, -0.05) is 19.8 Å². The molecule has 1 aliphatic carbocycles. The van der Waals surface area contributed by atoms with Crippen LogP contribution in [-0.4, -0.2) is 24.0 Å². The maximum atomic E-state index is 12.1. The molecule has 5 heteroatoms. The van der Waals surface area contributed by atoms with Gasteiger partial charge in [-0.25, -0.2) is 4.79 Å². The molecule has 0 aliphatic heterocycles. The van der Waals surface area contributed by atoms with E-state index in [9.17, 15) is 9.59 Å². The molecule has 0 radical (unpaired) electrons. The Morgan fingerprint density at radius 1 is 1.41 bits per heavy atom. The second kappa shape index (κ2) is 8.13. The highest BCUT2D eigenvalue weighted by molar-refractivity contribution is 7.08. The van der Waals surface area contributed by atoms with Crippen LogP contribution in [0.25, 0.3) is 6.08 Å². The molecular weight excluding hydrogens is 298 g/mol. The van der Waals surface area contributed by atoms with Crippen molar-refractivity contribution >= 4 is 29.3 Å². The first-order valence-electron chi connectivity index (χ1n) is 7.77. The van der Waals surface area contributed by atoms with Crippen molar-refractivity contribution in [3.05, 3.63) is 28.5 Å². The standard InChI is InChI=1S/C17H23NO3S/c1-12-5-3-4-6-15(12)18-17(20)13(2)21-16(19)8-7-14-9-10-22-11-14/h7-13,15H,3-6H2,1-2H3,(H,18,20)/b8-7+/t12-,13+,15+/m0/s1. The van der Waals surface area contributed by atoms with Crippen LogP contribution in [0.15, 0.2) is 22.9 Å². The number of carbonyl (C=O) groups excluding carboxylic acids is 2. The van der Waals surface area contributed by atoms with Crippen LogP contribution in [-0.2, 0) is 14.3 Å². The van der Waals surface area contributed by atoms with Gasteiger partial charge in [0.1, 0.15) is 0 Å². The predicted molar refractivity (Wildman–Crippen MR) is 88.5 cm³/mol. The van der Waals surface area contributed by atoms with Gasteiger partial charge in [0.15, 0.2) is 6.10 Å². The molecule has 2 rings (SSSR count). The van der Waals surface area contributed by atoms with E-state index < -0.39 is 12.1 Å². The molecule has 1 fully saturated rings. The van der Waals surface area contributed by atoms with E-state index in [1.54, 1.807) is 24.3 Å². The molecule has 1 saturated carbocycles. The minimum Gasteiger partial charge on any atom is -0.449 e. The van der Waals surface area contributed by atoms with Gasteiger partial charge >= 0.3 is 5.97 Å².